The molecule has 0 bridgehead atoms. The van der Waals surface area contributed by atoms with Crippen molar-refractivity contribution >= 4 is 18.3 Å². The second-order valence-electron chi connectivity index (χ2n) is 5.67. The molecule has 2 N–H and O–H groups in total. The zero-order valence-corrected chi connectivity index (χ0v) is 13.4. The number of benzene rings is 1. The zero-order chi connectivity index (χ0) is 14.0. The number of carbonyl (C=O) groups excluding carboxylic acids is 1. The van der Waals surface area contributed by atoms with Crippen molar-refractivity contribution in [2.75, 3.05) is 13.1 Å². The van der Waals surface area contributed by atoms with Crippen LogP contribution in [0.1, 0.15) is 42.5 Å². The van der Waals surface area contributed by atoms with E-state index < -0.39 is 0 Å². The van der Waals surface area contributed by atoms with Crippen LogP contribution >= 0.6 is 12.4 Å². The predicted octanol–water partition coefficient (Wildman–Crippen LogP) is 2.98. The lowest BCUT2D eigenvalue weighted by Gasteiger charge is -2.28. The molecular formula is C16H25ClN2O. The van der Waals surface area contributed by atoms with Gasteiger partial charge in [-0.05, 0) is 43.4 Å². The maximum absolute atomic E-state index is 12.4. The van der Waals surface area contributed by atoms with Crippen LogP contribution in [0.2, 0.25) is 0 Å². The van der Waals surface area contributed by atoms with Gasteiger partial charge in [-0.1, -0.05) is 25.1 Å². The molecule has 2 atom stereocenters. The van der Waals surface area contributed by atoms with Crippen LogP contribution in [0.15, 0.2) is 18.2 Å². The lowest BCUT2D eigenvalue weighted by Crippen LogP contribution is -2.37. The third kappa shape index (κ3) is 3.33. The summed E-state index contributed by atoms with van der Waals surface area (Å²) in [5.74, 6) is 0.121. The van der Waals surface area contributed by atoms with E-state index in [-0.39, 0.29) is 30.3 Å². The fourth-order valence-electron chi connectivity index (χ4n) is 2.73. The summed E-state index contributed by atoms with van der Waals surface area (Å²) in [4.78, 5) is 14.4. The van der Waals surface area contributed by atoms with Gasteiger partial charge in [0.25, 0.3) is 0 Å². The molecule has 2 rings (SSSR count). The first-order valence-electron chi connectivity index (χ1n) is 7.12. The third-order valence-electron chi connectivity index (χ3n) is 4.23. The van der Waals surface area contributed by atoms with Gasteiger partial charge in [0.05, 0.1) is 6.04 Å². The molecule has 1 aliphatic heterocycles. The fraction of sp³-hybridized carbons (Fsp3) is 0.562. The van der Waals surface area contributed by atoms with Crippen LogP contribution in [0.3, 0.4) is 0 Å². The van der Waals surface area contributed by atoms with Crippen molar-refractivity contribution in [3.63, 3.8) is 0 Å². The molecular weight excluding hydrogens is 272 g/mol. The van der Waals surface area contributed by atoms with Crippen molar-refractivity contribution in [2.45, 2.75) is 39.7 Å². The Hall–Kier alpha value is -1.06. The molecule has 1 saturated heterocycles. The molecule has 1 amide bonds. The first-order valence-corrected chi connectivity index (χ1v) is 7.12. The van der Waals surface area contributed by atoms with Gasteiger partial charge >= 0.3 is 0 Å². The van der Waals surface area contributed by atoms with Crippen LogP contribution in [0.5, 0.6) is 0 Å². The van der Waals surface area contributed by atoms with Crippen molar-refractivity contribution in [3.8, 4) is 0 Å². The number of hydrogen-bond donors (Lipinski definition) is 1. The molecule has 112 valence electrons. The van der Waals surface area contributed by atoms with Gasteiger partial charge in [-0.15, -0.1) is 12.4 Å². The SMILES string of the molecule is Cc1ccc(C2CCCN2C(=O)C(C)CN)cc1C.Cl. The Kier molecular flexibility index (Phi) is 6.03. The number of rotatable bonds is 3. The minimum Gasteiger partial charge on any atom is -0.335 e. The molecule has 20 heavy (non-hydrogen) atoms. The second-order valence-corrected chi connectivity index (χ2v) is 5.67. The van der Waals surface area contributed by atoms with Crippen LogP contribution in [-0.2, 0) is 4.79 Å². The van der Waals surface area contributed by atoms with Gasteiger partial charge in [0.2, 0.25) is 5.91 Å². The minimum absolute atomic E-state index is 0. The summed E-state index contributed by atoms with van der Waals surface area (Å²) >= 11 is 0. The maximum Gasteiger partial charge on any atom is 0.227 e. The van der Waals surface area contributed by atoms with Gasteiger partial charge in [-0.2, -0.15) is 0 Å². The van der Waals surface area contributed by atoms with Crippen molar-refractivity contribution in [1.82, 2.24) is 4.90 Å². The molecule has 2 unspecified atom stereocenters. The van der Waals surface area contributed by atoms with Gasteiger partial charge in [-0.25, -0.2) is 0 Å². The highest BCUT2D eigenvalue weighted by Gasteiger charge is 2.31. The molecule has 4 heteroatoms. The standard InChI is InChI=1S/C16H24N2O.ClH/c1-11-6-7-14(9-12(11)2)15-5-4-8-18(15)16(19)13(3)10-17;/h6-7,9,13,15H,4-5,8,10,17H2,1-3H3;1H. The Labute approximate surface area is 127 Å². The molecule has 1 heterocycles. The van der Waals surface area contributed by atoms with E-state index in [9.17, 15) is 4.79 Å². The number of aryl methyl sites for hydroxylation is 2. The van der Waals surface area contributed by atoms with Crippen molar-refractivity contribution in [3.05, 3.63) is 34.9 Å². The van der Waals surface area contributed by atoms with Crippen LogP contribution < -0.4 is 5.73 Å². The molecule has 0 aliphatic carbocycles. The summed E-state index contributed by atoms with van der Waals surface area (Å²) in [6.07, 6.45) is 2.14. The van der Waals surface area contributed by atoms with E-state index in [1.165, 1.54) is 16.7 Å². The van der Waals surface area contributed by atoms with E-state index in [2.05, 4.69) is 32.0 Å². The molecule has 1 fully saturated rings. The molecule has 1 aromatic carbocycles. The number of hydrogen-bond acceptors (Lipinski definition) is 2. The van der Waals surface area contributed by atoms with Crippen LogP contribution in [0, 0.1) is 19.8 Å². The van der Waals surface area contributed by atoms with Crippen LogP contribution in [0.4, 0.5) is 0 Å². The zero-order valence-electron chi connectivity index (χ0n) is 12.6. The number of carbonyl (C=O) groups is 1. The monoisotopic (exact) mass is 296 g/mol. The van der Waals surface area contributed by atoms with E-state index >= 15 is 0 Å². The maximum atomic E-state index is 12.4. The quantitative estimate of drug-likeness (QED) is 0.932. The average Bonchev–Trinajstić information content (AvgIpc) is 2.89. The number of nitrogens with zero attached hydrogens (tertiary/aromatic N) is 1. The number of amides is 1. The highest BCUT2D eigenvalue weighted by atomic mass is 35.5. The van der Waals surface area contributed by atoms with E-state index in [0.29, 0.717) is 6.54 Å². The van der Waals surface area contributed by atoms with Crippen molar-refractivity contribution in [1.29, 1.82) is 0 Å². The number of likely N-dealkylation sites (tertiary alicyclic amines) is 1. The summed E-state index contributed by atoms with van der Waals surface area (Å²) in [7, 11) is 0. The summed E-state index contributed by atoms with van der Waals surface area (Å²) in [6.45, 7) is 7.45. The van der Waals surface area contributed by atoms with Gasteiger partial charge in [0.15, 0.2) is 0 Å². The van der Waals surface area contributed by atoms with Gasteiger partial charge in [-0.3, -0.25) is 4.79 Å². The predicted molar refractivity (Wildman–Crippen MR) is 85.1 cm³/mol. The van der Waals surface area contributed by atoms with E-state index in [1.54, 1.807) is 0 Å². The Morgan fingerprint density at radius 3 is 2.70 bits per heavy atom. The Bertz CT molecular complexity index is 476. The number of halogens is 1. The van der Waals surface area contributed by atoms with Crippen LogP contribution in [0.25, 0.3) is 0 Å². The fourth-order valence-corrected chi connectivity index (χ4v) is 2.73. The Morgan fingerprint density at radius 2 is 2.10 bits per heavy atom. The highest BCUT2D eigenvalue weighted by molar-refractivity contribution is 5.85. The topological polar surface area (TPSA) is 46.3 Å². The number of nitrogens with two attached hydrogens (primary N) is 1. The van der Waals surface area contributed by atoms with E-state index in [0.717, 1.165) is 19.4 Å². The lowest BCUT2D eigenvalue weighted by atomic mass is 9.99. The summed E-state index contributed by atoms with van der Waals surface area (Å²) in [5, 5.41) is 0. The van der Waals surface area contributed by atoms with Gasteiger partial charge < -0.3 is 10.6 Å². The van der Waals surface area contributed by atoms with Gasteiger partial charge in [0, 0.05) is 19.0 Å². The van der Waals surface area contributed by atoms with E-state index in [4.69, 9.17) is 5.73 Å². The Morgan fingerprint density at radius 1 is 1.40 bits per heavy atom. The Balaban J connectivity index is 0.00000200. The summed E-state index contributed by atoms with van der Waals surface area (Å²) in [5.41, 5.74) is 9.48. The molecule has 0 radical (unpaired) electrons. The molecule has 0 spiro atoms. The summed E-state index contributed by atoms with van der Waals surface area (Å²) < 4.78 is 0. The molecule has 0 saturated carbocycles. The highest BCUT2D eigenvalue weighted by Crippen LogP contribution is 2.33. The van der Waals surface area contributed by atoms with E-state index in [1.807, 2.05) is 11.8 Å². The first-order chi connectivity index (χ1) is 9.04. The molecule has 3 nitrogen and oxygen atoms in total. The molecule has 0 aromatic heterocycles. The summed E-state index contributed by atoms with van der Waals surface area (Å²) in [6, 6.07) is 6.77. The minimum atomic E-state index is -0.0767. The van der Waals surface area contributed by atoms with Crippen molar-refractivity contribution < 1.29 is 4.79 Å². The largest absolute Gasteiger partial charge is 0.335 e. The average molecular weight is 297 g/mol. The second kappa shape index (κ2) is 7.09. The van der Waals surface area contributed by atoms with Gasteiger partial charge in [0.1, 0.15) is 0 Å². The van der Waals surface area contributed by atoms with Crippen molar-refractivity contribution in [2.24, 2.45) is 11.7 Å². The smallest absolute Gasteiger partial charge is 0.227 e. The molecule has 1 aliphatic rings. The third-order valence-corrected chi connectivity index (χ3v) is 4.23. The first kappa shape index (κ1) is 17.0. The normalized spacial score (nSPS) is 19.6. The van der Waals surface area contributed by atoms with Crippen LogP contribution in [-0.4, -0.2) is 23.9 Å². The lowest BCUT2D eigenvalue weighted by molar-refractivity contribution is -0.135. The molecule has 1 aromatic rings.